The number of nitrogens with one attached hydrogen (secondary N) is 1. The fraction of sp³-hybridized carbons (Fsp3) is 0.333. The van der Waals surface area contributed by atoms with Crippen LogP contribution in [0.3, 0.4) is 0 Å². The maximum atomic E-state index is 3.66. The third kappa shape index (κ3) is 1.52. The largest absolute Gasteiger partial charge is 0.312 e. The molecule has 1 aliphatic heterocycles. The van der Waals surface area contributed by atoms with Crippen LogP contribution in [0, 0.1) is 0 Å². The van der Waals surface area contributed by atoms with Gasteiger partial charge in [-0.05, 0) is 48.2 Å². The lowest BCUT2D eigenvalue weighted by Gasteiger charge is -2.16. The molecule has 1 heterocycles. The van der Waals surface area contributed by atoms with E-state index in [9.17, 15) is 0 Å². The van der Waals surface area contributed by atoms with Crippen LogP contribution in [0.1, 0.15) is 17.5 Å². The first kappa shape index (κ1) is 10.1. The second-order valence-electron chi connectivity index (χ2n) is 4.07. The Bertz CT molecular complexity index is 463. The van der Waals surface area contributed by atoms with Crippen LogP contribution in [0.2, 0.25) is 0 Å². The van der Waals surface area contributed by atoms with Gasteiger partial charge in [0.25, 0.3) is 0 Å². The highest BCUT2D eigenvalue weighted by molar-refractivity contribution is 9.11. The molecule has 1 aromatic carbocycles. The minimum Gasteiger partial charge on any atom is -0.312 e. The molecule has 2 aliphatic rings. The topological polar surface area (TPSA) is 12.0 Å². The Morgan fingerprint density at radius 1 is 1.13 bits per heavy atom. The number of hydrogen-bond donors (Lipinski definition) is 1. The molecule has 15 heavy (non-hydrogen) atoms. The molecule has 1 N–H and O–H groups in total. The van der Waals surface area contributed by atoms with Gasteiger partial charge in [0.15, 0.2) is 0 Å². The van der Waals surface area contributed by atoms with Crippen LogP contribution in [0.25, 0.3) is 5.57 Å². The van der Waals surface area contributed by atoms with Crippen LogP contribution < -0.4 is 5.32 Å². The van der Waals surface area contributed by atoms with E-state index >= 15 is 0 Å². The first-order chi connectivity index (χ1) is 7.27. The quantitative estimate of drug-likeness (QED) is 0.768. The molecule has 0 saturated heterocycles. The average Bonchev–Trinajstić information content (AvgIpc) is 2.64. The van der Waals surface area contributed by atoms with Crippen LogP contribution in [-0.4, -0.2) is 13.1 Å². The Morgan fingerprint density at radius 2 is 1.93 bits per heavy atom. The van der Waals surface area contributed by atoms with Gasteiger partial charge in [0, 0.05) is 15.5 Å². The summed E-state index contributed by atoms with van der Waals surface area (Å²) in [5.74, 6) is 0. The summed E-state index contributed by atoms with van der Waals surface area (Å²) in [6.07, 6.45) is 2.33. The monoisotopic (exact) mass is 327 g/mol. The standard InChI is InChI=1S/C12H11Br2N/c13-10-1-2-11(14)12-8(10)5-7-3-4-15-6-9(7)12/h1-2,15H,3-6H2. The zero-order valence-corrected chi connectivity index (χ0v) is 11.4. The molecule has 0 unspecified atom stereocenters. The molecule has 0 atom stereocenters. The number of fused-ring (bicyclic) bond motifs is 2. The molecular weight excluding hydrogens is 318 g/mol. The zero-order chi connectivity index (χ0) is 10.4. The van der Waals surface area contributed by atoms with Crippen molar-refractivity contribution in [1.29, 1.82) is 0 Å². The van der Waals surface area contributed by atoms with Crippen molar-refractivity contribution in [2.75, 3.05) is 13.1 Å². The summed E-state index contributed by atoms with van der Waals surface area (Å²) < 4.78 is 2.48. The van der Waals surface area contributed by atoms with Crippen LogP contribution >= 0.6 is 31.9 Å². The summed E-state index contributed by atoms with van der Waals surface area (Å²) in [6, 6.07) is 4.27. The Hall–Kier alpha value is -0.120. The van der Waals surface area contributed by atoms with Gasteiger partial charge < -0.3 is 5.32 Å². The molecule has 78 valence electrons. The second-order valence-corrected chi connectivity index (χ2v) is 5.78. The summed E-state index contributed by atoms with van der Waals surface area (Å²) in [7, 11) is 0. The van der Waals surface area contributed by atoms with Gasteiger partial charge >= 0.3 is 0 Å². The Labute approximate surface area is 106 Å². The Morgan fingerprint density at radius 3 is 2.80 bits per heavy atom. The van der Waals surface area contributed by atoms with E-state index in [1.165, 1.54) is 32.1 Å². The Kier molecular flexibility index (Phi) is 2.49. The fourth-order valence-corrected chi connectivity index (χ4v) is 3.58. The summed E-state index contributed by atoms with van der Waals surface area (Å²) in [6.45, 7) is 2.15. The minimum absolute atomic E-state index is 1.03. The molecule has 1 nitrogen and oxygen atoms in total. The highest BCUT2D eigenvalue weighted by Gasteiger charge is 2.26. The molecule has 0 amide bonds. The van der Waals surface area contributed by atoms with Gasteiger partial charge in [-0.15, -0.1) is 0 Å². The van der Waals surface area contributed by atoms with Gasteiger partial charge in [-0.2, -0.15) is 0 Å². The molecule has 1 aliphatic carbocycles. The van der Waals surface area contributed by atoms with E-state index in [2.05, 4.69) is 49.3 Å². The lowest BCUT2D eigenvalue weighted by Crippen LogP contribution is -2.23. The van der Waals surface area contributed by atoms with Crippen LogP contribution in [0.5, 0.6) is 0 Å². The van der Waals surface area contributed by atoms with Crippen molar-refractivity contribution in [1.82, 2.24) is 5.32 Å². The van der Waals surface area contributed by atoms with Crippen molar-refractivity contribution in [2.45, 2.75) is 12.8 Å². The molecular formula is C12H11Br2N. The van der Waals surface area contributed by atoms with Crippen molar-refractivity contribution < 1.29 is 0 Å². The third-order valence-corrected chi connectivity index (χ3v) is 4.63. The SMILES string of the molecule is Brc1ccc(Br)c2c1CC1=C2CNCC1. The van der Waals surface area contributed by atoms with Crippen LogP contribution in [-0.2, 0) is 6.42 Å². The predicted molar refractivity (Wildman–Crippen MR) is 70.0 cm³/mol. The van der Waals surface area contributed by atoms with Gasteiger partial charge in [-0.25, -0.2) is 0 Å². The highest BCUT2D eigenvalue weighted by Crippen LogP contribution is 2.42. The smallest absolute Gasteiger partial charge is 0.0254 e. The van der Waals surface area contributed by atoms with E-state index < -0.39 is 0 Å². The van der Waals surface area contributed by atoms with Crippen molar-refractivity contribution in [3.63, 3.8) is 0 Å². The highest BCUT2D eigenvalue weighted by atomic mass is 79.9. The average molecular weight is 329 g/mol. The molecule has 0 radical (unpaired) electrons. The van der Waals surface area contributed by atoms with Gasteiger partial charge in [-0.3, -0.25) is 0 Å². The lowest BCUT2D eigenvalue weighted by molar-refractivity contribution is 0.712. The molecule has 3 rings (SSSR count). The summed E-state index contributed by atoms with van der Waals surface area (Å²) in [5, 5.41) is 3.45. The van der Waals surface area contributed by atoms with Crippen LogP contribution in [0.15, 0.2) is 26.7 Å². The van der Waals surface area contributed by atoms with Gasteiger partial charge in [0.05, 0.1) is 0 Å². The van der Waals surface area contributed by atoms with Gasteiger partial charge in [0.1, 0.15) is 0 Å². The molecule has 0 saturated carbocycles. The molecule has 1 aromatic rings. The first-order valence-corrected chi connectivity index (χ1v) is 6.75. The van der Waals surface area contributed by atoms with Crippen LogP contribution in [0.4, 0.5) is 0 Å². The molecule has 0 aromatic heterocycles. The number of rotatable bonds is 0. The predicted octanol–water partition coefficient (Wildman–Crippen LogP) is 3.51. The zero-order valence-electron chi connectivity index (χ0n) is 8.24. The fourth-order valence-electron chi connectivity index (χ4n) is 2.50. The number of hydrogen-bond acceptors (Lipinski definition) is 1. The van der Waals surface area contributed by atoms with Crippen molar-refractivity contribution >= 4 is 37.4 Å². The van der Waals surface area contributed by atoms with E-state index in [1.807, 2.05) is 0 Å². The van der Waals surface area contributed by atoms with Crippen molar-refractivity contribution in [3.8, 4) is 0 Å². The van der Waals surface area contributed by atoms with E-state index in [0.29, 0.717) is 0 Å². The third-order valence-electron chi connectivity index (χ3n) is 3.23. The van der Waals surface area contributed by atoms with Gasteiger partial charge in [0.2, 0.25) is 0 Å². The van der Waals surface area contributed by atoms with E-state index in [1.54, 1.807) is 5.57 Å². The maximum Gasteiger partial charge on any atom is 0.0254 e. The molecule has 0 fully saturated rings. The van der Waals surface area contributed by atoms with E-state index in [4.69, 9.17) is 0 Å². The molecule has 3 heteroatoms. The Balaban J connectivity index is 2.20. The van der Waals surface area contributed by atoms with Gasteiger partial charge in [-0.1, -0.05) is 37.4 Å². The second kappa shape index (κ2) is 3.72. The van der Waals surface area contributed by atoms with E-state index in [-0.39, 0.29) is 0 Å². The van der Waals surface area contributed by atoms with E-state index in [0.717, 1.165) is 19.5 Å². The minimum atomic E-state index is 1.03. The van der Waals surface area contributed by atoms with Crippen molar-refractivity contribution in [3.05, 3.63) is 37.8 Å². The maximum absolute atomic E-state index is 3.66. The molecule has 0 spiro atoms. The summed E-state index contributed by atoms with van der Waals surface area (Å²) in [4.78, 5) is 0. The van der Waals surface area contributed by atoms with Crippen molar-refractivity contribution in [2.24, 2.45) is 0 Å². The number of benzene rings is 1. The number of halogens is 2. The molecule has 0 bridgehead atoms. The normalized spacial score (nSPS) is 19.1. The first-order valence-electron chi connectivity index (χ1n) is 5.16. The summed E-state index contributed by atoms with van der Waals surface area (Å²) >= 11 is 7.31. The lowest BCUT2D eigenvalue weighted by atomic mass is 10.0. The summed E-state index contributed by atoms with van der Waals surface area (Å²) in [5.41, 5.74) is 6.02.